The highest BCUT2D eigenvalue weighted by Crippen LogP contribution is 2.30. The van der Waals surface area contributed by atoms with Gasteiger partial charge >= 0.3 is 0 Å². The molecule has 2 aromatic rings. The molecule has 0 aliphatic rings. The number of thiophene rings is 1. The number of anilines is 1. The van der Waals surface area contributed by atoms with Crippen molar-refractivity contribution in [3.8, 4) is 0 Å². The molecule has 0 radical (unpaired) electrons. The molecule has 0 atom stereocenters. The molecule has 0 amide bonds. The van der Waals surface area contributed by atoms with Crippen molar-refractivity contribution < 1.29 is 10.2 Å². The Hall–Kier alpha value is -0.950. The second-order valence-electron chi connectivity index (χ2n) is 3.83. The van der Waals surface area contributed by atoms with Crippen molar-refractivity contribution >= 4 is 39.0 Å². The van der Waals surface area contributed by atoms with Gasteiger partial charge < -0.3 is 15.5 Å². The number of aliphatic hydroxyl groups excluding tert-OH is 2. The van der Waals surface area contributed by atoms with Crippen molar-refractivity contribution in [3.63, 3.8) is 0 Å². The molecule has 0 fully saturated rings. The van der Waals surface area contributed by atoms with Crippen LogP contribution in [0.5, 0.6) is 0 Å². The first-order valence-electron chi connectivity index (χ1n) is 5.62. The summed E-state index contributed by atoms with van der Waals surface area (Å²) in [6.45, 7) is 1.71. The van der Waals surface area contributed by atoms with Crippen molar-refractivity contribution in [2.75, 3.05) is 18.5 Å². The van der Waals surface area contributed by atoms with Gasteiger partial charge in [0.05, 0.1) is 24.6 Å². The van der Waals surface area contributed by atoms with Gasteiger partial charge in [0, 0.05) is 4.88 Å². The first-order valence-corrected chi connectivity index (χ1v) is 6.81. The normalized spacial score (nSPS) is 11.4. The van der Waals surface area contributed by atoms with E-state index in [4.69, 9.17) is 21.8 Å². The van der Waals surface area contributed by atoms with Crippen molar-refractivity contribution in [3.05, 3.63) is 16.2 Å². The smallest absolute Gasteiger partial charge is 0.225 e. The maximum Gasteiger partial charge on any atom is 0.225 e. The van der Waals surface area contributed by atoms with Crippen LogP contribution in [0.15, 0.2) is 6.07 Å². The van der Waals surface area contributed by atoms with Crippen LogP contribution in [-0.2, 0) is 6.42 Å². The van der Waals surface area contributed by atoms with E-state index in [2.05, 4.69) is 22.2 Å². The Labute approximate surface area is 113 Å². The summed E-state index contributed by atoms with van der Waals surface area (Å²) in [7, 11) is 0. The number of halogens is 1. The molecule has 0 bridgehead atoms. The van der Waals surface area contributed by atoms with Crippen LogP contribution in [0.1, 0.15) is 11.8 Å². The van der Waals surface area contributed by atoms with Gasteiger partial charge in [-0.3, -0.25) is 0 Å². The highest BCUT2D eigenvalue weighted by Gasteiger charge is 2.13. The lowest BCUT2D eigenvalue weighted by Crippen LogP contribution is -2.28. The van der Waals surface area contributed by atoms with E-state index < -0.39 is 6.04 Å². The zero-order chi connectivity index (χ0) is 13.1. The maximum absolute atomic E-state index is 9.08. The zero-order valence-electron chi connectivity index (χ0n) is 9.85. The summed E-state index contributed by atoms with van der Waals surface area (Å²) in [6, 6.07) is 1.55. The van der Waals surface area contributed by atoms with Crippen LogP contribution in [0.2, 0.25) is 5.28 Å². The Morgan fingerprint density at radius 2 is 2.11 bits per heavy atom. The fourth-order valence-electron chi connectivity index (χ4n) is 1.57. The number of aliphatic hydroxyl groups is 2. The molecule has 0 saturated carbocycles. The van der Waals surface area contributed by atoms with E-state index in [9.17, 15) is 0 Å². The molecule has 2 rings (SSSR count). The fourth-order valence-corrected chi connectivity index (χ4v) is 2.76. The highest BCUT2D eigenvalue weighted by molar-refractivity contribution is 7.18. The molecular weight excluding hydrogens is 274 g/mol. The van der Waals surface area contributed by atoms with Gasteiger partial charge in [0.2, 0.25) is 5.28 Å². The molecule has 98 valence electrons. The van der Waals surface area contributed by atoms with E-state index in [1.807, 2.05) is 6.07 Å². The number of hydrogen-bond donors (Lipinski definition) is 3. The van der Waals surface area contributed by atoms with E-state index in [-0.39, 0.29) is 18.5 Å². The number of hydrogen-bond acceptors (Lipinski definition) is 6. The number of aromatic nitrogens is 2. The van der Waals surface area contributed by atoms with Gasteiger partial charge in [0.1, 0.15) is 10.6 Å². The van der Waals surface area contributed by atoms with Crippen LogP contribution < -0.4 is 5.32 Å². The van der Waals surface area contributed by atoms with E-state index >= 15 is 0 Å². The van der Waals surface area contributed by atoms with E-state index in [0.717, 1.165) is 16.6 Å². The topological polar surface area (TPSA) is 78.3 Å². The summed E-state index contributed by atoms with van der Waals surface area (Å²) < 4.78 is 0. The average Bonchev–Trinajstić information content (AvgIpc) is 2.78. The molecule has 0 spiro atoms. The summed E-state index contributed by atoms with van der Waals surface area (Å²) in [4.78, 5) is 10.3. The minimum absolute atomic E-state index is 0.157. The number of nitrogens with zero attached hydrogens (tertiary/aromatic N) is 2. The average molecular weight is 288 g/mol. The minimum atomic E-state index is -0.454. The van der Waals surface area contributed by atoms with Crippen LogP contribution >= 0.6 is 22.9 Å². The van der Waals surface area contributed by atoms with Gasteiger partial charge in [-0.25, -0.2) is 9.97 Å². The van der Waals surface area contributed by atoms with E-state index in [0.29, 0.717) is 5.82 Å². The number of aryl methyl sites for hydroxylation is 1. The van der Waals surface area contributed by atoms with Crippen LogP contribution in [0.25, 0.3) is 10.2 Å². The predicted octanol–water partition coefficient (Wildman–Crippen LogP) is 1.67. The second-order valence-corrected chi connectivity index (χ2v) is 5.29. The summed E-state index contributed by atoms with van der Waals surface area (Å²) in [5, 5.41) is 22.2. The lowest BCUT2D eigenvalue weighted by atomic mass is 10.3. The largest absolute Gasteiger partial charge is 0.394 e. The third-order valence-electron chi connectivity index (χ3n) is 2.55. The van der Waals surface area contributed by atoms with Crippen LogP contribution in [0, 0.1) is 0 Å². The summed E-state index contributed by atoms with van der Waals surface area (Å²) >= 11 is 7.43. The summed E-state index contributed by atoms with van der Waals surface area (Å²) in [5.74, 6) is 0.550. The molecule has 0 aromatic carbocycles. The molecule has 2 heterocycles. The maximum atomic E-state index is 9.08. The van der Waals surface area contributed by atoms with Gasteiger partial charge in [0.15, 0.2) is 0 Å². The van der Waals surface area contributed by atoms with Crippen molar-refractivity contribution in [1.29, 1.82) is 0 Å². The fraction of sp³-hybridized carbons (Fsp3) is 0.455. The summed E-state index contributed by atoms with van der Waals surface area (Å²) in [6.07, 6.45) is 0.918. The molecule has 7 heteroatoms. The van der Waals surface area contributed by atoms with Crippen molar-refractivity contribution in [2.45, 2.75) is 19.4 Å². The zero-order valence-corrected chi connectivity index (χ0v) is 11.4. The van der Waals surface area contributed by atoms with Crippen LogP contribution in [0.4, 0.5) is 5.82 Å². The molecule has 0 unspecified atom stereocenters. The third kappa shape index (κ3) is 2.72. The lowest BCUT2D eigenvalue weighted by molar-refractivity contribution is 0.203. The first-order chi connectivity index (χ1) is 8.67. The van der Waals surface area contributed by atoms with E-state index in [1.165, 1.54) is 4.88 Å². The third-order valence-corrected chi connectivity index (χ3v) is 3.89. The summed E-state index contributed by atoms with van der Waals surface area (Å²) in [5.41, 5.74) is 0. The molecule has 0 aliphatic carbocycles. The van der Waals surface area contributed by atoms with Crippen molar-refractivity contribution in [1.82, 2.24) is 9.97 Å². The second kappa shape index (κ2) is 5.79. The van der Waals surface area contributed by atoms with Crippen LogP contribution in [0.3, 0.4) is 0 Å². The molecule has 5 nitrogen and oxygen atoms in total. The van der Waals surface area contributed by atoms with E-state index in [1.54, 1.807) is 11.3 Å². The van der Waals surface area contributed by atoms with Gasteiger partial charge in [-0.1, -0.05) is 6.92 Å². The molecule has 18 heavy (non-hydrogen) atoms. The standard InChI is InChI=1S/C11H14ClN3O2S/c1-2-7-3-8-9(13-6(4-16)5-17)14-11(12)15-10(8)18-7/h3,6,16-17H,2,4-5H2,1H3,(H,13,14,15). The first kappa shape index (κ1) is 13.5. The molecular formula is C11H14ClN3O2S. The number of nitrogens with one attached hydrogen (secondary N) is 1. The van der Waals surface area contributed by atoms with Gasteiger partial charge in [-0.15, -0.1) is 11.3 Å². The van der Waals surface area contributed by atoms with Crippen molar-refractivity contribution in [2.24, 2.45) is 0 Å². The quantitative estimate of drug-likeness (QED) is 0.729. The Bertz CT molecular complexity index is 542. The molecule has 2 aromatic heterocycles. The minimum Gasteiger partial charge on any atom is -0.394 e. The Kier molecular flexibility index (Phi) is 4.34. The SMILES string of the molecule is CCc1cc2c(NC(CO)CO)nc(Cl)nc2s1. The van der Waals surface area contributed by atoms with Gasteiger partial charge in [-0.05, 0) is 24.1 Å². The van der Waals surface area contributed by atoms with Gasteiger partial charge in [-0.2, -0.15) is 0 Å². The van der Waals surface area contributed by atoms with Crippen LogP contribution in [-0.4, -0.2) is 39.4 Å². The molecule has 0 aliphatic heterocycles. The lowest BCUT2D eigenvalue weighted by Gasteiger charge is -2.14. The Morgan fingerprint density at radius 3 is 2.72 bits per heavy atom. The Morgan fingerprint density at radius 1 is 1.39 bits per heavy atom. The molecule has 0 saturated heterocycles. The Balaban J connectivity index is 2.44. The van der Waals surface area contributed by atoms with Gasteiger partial charge in [0.25, 0.3) is 0 Å². The molecule has 3 N–H and O–H groups in total. The monoisotopic (exact) mass is 287 g/mol. The highest BCUT2D eigenvalue weighted by atomic mass is 35.5. The number of rotatable bonds is 5. The number of fused-ring (bicyclic) bond motifs is 1. The predicted molar refractivity (Wildman–Crippen MR) is 73.4 cm³/mol.